The number of hydrogen-bond acceptors (Lipinski definition) is 2. The van der Waals surface area contributed by atoms with E-state index in [-0.39, 0.29) is 5.41 Å². The first-order chi connectivity index (χ1) is 5.93. The van der Waals surface area contributed by atoms with Crippen LogP contribution in [0.15, 0.2) is 18.3 Å². The molecule has 0 aliphatic rings. The van der Waals surface area contributed by atoms with Gasteiger partial charge in [0.1, 0.15) is 0 Å². The first kappa shape index (κ1) is 10.2. The lowest BCUT2D eigenvalue weighted by atomic mass is 9.87. The molecule has 1 aromatic rings. The highest BCUT2D eigenvalue weighted by Gasteiger charge is 2.20. The molecule has 0 fully saturated rings. The maximum atomic E-state index is 9.53. The van der Waals surface area contributed by atoms with Crippen molar-refractivity contribution < 1.29 is 5.11 Å². The molecule has 0 aromatic carbocycles. The van der Waals surface area contributed by atoms with Gasteiger partial charge in [0.25, 0.3) is 0 Å². The molecule has 0 aliphatic heterocycles. The van der Waals surface area contributed by atoms with Crippen molar-refractivity contribution >= 4 is 0 Å². The van der Waals surface area contributed by atoms with E-state index in [0.29, 0.717) is 0 Å². The largest absolute Gasteiger partial charge is 0.389 e. The fourth-order valence-corrected chi connectivity index (χ4v) is 1.38. The molecule has 0 saturated carbocycles. The van der Waals surface area contributed by atoms with Crippen molar-refractivity contribution in [3.05, 3.63) is 29.6 Å². The monoisotopic (exact) mass is 179 g/mol. The minimum absolute atomic E-state index is 0.00637. The molecule has 0 radical (unpaired) electrons. The van der Waals surface area contributed by atoms with Gasteiger partial charge in [-0.3, -0.25) is 4.98 Å². The Morgan fingerprint density at radius 2 is 2.00 bits per heavy atom. The van der Waals surface area contributed by atoms with Crippen LogP contribution in [0.1, 0.15) is 45.1 Å². The van der Waals surface area contributed by atoms with E-state index in [9.17, 15) is 5.11 Å². The van der Waals surface area contributed by atoms with Crippen molar-refractivity contribution in [1.29, 1.82) is 0 Å². The predicted octanol–water partition coefficient (Wildman–Crippen LogP) is 2.43. The Kier molecular flexibility index (Phi) is 2.71. The van der Waals surface area contributed by atoms with Gasteiger partial charge in [0.15, 0.2) is 0 Å². The molecule has 13 heavy (non-hydrogen) atoms. The van der Waals surface area contributed by atoms with Crippen molar-refractivity contribution in [3.63, 3.8) is 0 Å². The molecule has 2 nitrogen and oxygen atoms in total. The average molecular weight is 179 g/mol. The number of aromatic nitrogens is 1. The molecule has 1 aromatic heterocycles. The van der Waals surface area contributed by atoms with Gasteiger partial charge in [-0.15, -0.1) is 0 Å². The van der Waals surface area contributed by atoms with Crippen LogP contribution in [-0.2, 0) is 5.41 Å². The zero-order chi connectivity index (χ0) is 10.1. The Bertz CT molecular complexity index is 286. The zero-order valence-electron chi connectivity index (χ0n) is 8.70. The van der Waals surface area contributed by atoms with Crippen LogP contribution in [0.25, 0.3) is 0 Å². The number of hydrogen-bond donors (Lipinski definition) is 1. The van der Waals surface area contributed by atoms with Gasteiger partial charge in [0, 0.05) is 17.2 Å². The van der Waals surface area contributed by atoms with Gasteiger partial charge in [-0.2, -0.15) is 0 Å². The van der Waals surface area contributed by atoms with E-state index < -0.39 is 6.10 Å². The van der Waals surface area contributed by atoms with Crippen molar-refractivity contribution in [3.8, 4) is 0 Å². The Morgan fingerprint density at radius 3 is 2.38 bits per heavy atom. The summed E-state index contributed by atoms with van der Waals surface area (Å²) in [5, 5.41) is 9.53. The van der Waals surface area contributed by atoms with Crippen LogP contribution in [0.5, 0.6) is 0 Å². The lowest BCUT2D eigenvalue weighted by Crippen LogP contribution is -2.17. The molecule has 1 rings (SSSR count). The Hall–Kier alpha value is -0.890. The van der Waals surface area contributed by atoms with Crippen LogP contribution in [0, 0.1) is 0 Å². The van der Waals surface area contributed by atoms with E-state index in [4.69, 9.17) is 0 Å². The molecule has 1 unspecified atom stereocenters. The van der Waals surface area contributed by atoms with Gasteiger partial charge in [-0.05, 0) is 13.0 Å². The third-order valence-electron chi connectivity index (χ3n) is 2.00. The topological polar surface area (TPSA) is 33.1 Å². The zero-order valence-corrected chi connectivity index (χ0v) is 8.70. The first-order valence-electron chi connectivity index (χ1n) is 4.56. The number of nitrogens with zero attached hydrogens (tertiary/aromatic N) is 1. The normalized spacial score (nSPS) is 14.2. The highest BCUT2D eigenvalue weighted by molar-refractivity contribution is 5.27. The third kappa shape index (κ3) is 2.28. The molecular formula is C11H17NO. The molecule has 1 N–H and O–H groups in total. The van der Waals surface area contributed by atoms with E-state index in [1.807, 2.05) is 12.1 Å². The van der Waals surface area contributed by atoms with Crippen LogP contribution >= 0.6 is 0 Å². The molecule has 0 aliphatic carbocycles. The lowest BCUT2D eigenvalue weighted by Gasteiger charge is -2.22. The van der Waals surface area contributed by atoms with Crippen molar-refractivity contribution in [1.82, 2.24) is 4.98 Å². The predicted molar refractivity (Wildman–Crippen MR) is 53.6 cm³/mol. The number of aliphatic hydroxyl groups excluding tert-OH is 1. The summed E-state index contributed by atoms with van der Waals surface area (Å²) < 4.78 is 0. The van der Waals surface area contributed by atoms with Gasteiger partial charge in [-0.1, -0.05) is 26.8 Å². The molecule has 1 atom stereocenters. The van der Waals surface area contributed by atoms with Crippen molar-refractivity contribution in [2.45, 2.75) is 39.2 Å². The van der Waals surface area contributed by atoms with E-state index >= 15 is 0 Å². The number of pyridine rings is 1. The summed E-state index contributed by atoms with van der Waals surface area (Å²) in [6.07, 6.45) is 1.33. The molecule has 72 valence electrons. The summed E-state index contributed by atoms with van der Waals surface area (Å²) in [6, 6.07) is 3.79. The number of rotatable bonds is 1. The second kappa shape index (κ2) is 3.46. The first-order valence-corrected chi connectivity index (χ1v) is 4.56. The smallest absolute Gasteiger partial charge is 0.0779 e. The molecule has 1 heterocycles. The van der Waals surface area contributed by atoms with E-state index in [0.717, 1.165) is 11.3 Å². The van der Waals surface area contributed by atoms with Crippen LogP contribution in [0.3, 0.4) is 0 Å². The van der Waals surface area contributed by atoms with Gasteiger partial charge in [0.05, 0.1) is 11.8 Å². The second-order valence-electron chi connectivity index (χ2n) is 4.37. The summed E-state index contributed by atoms with van der Waals surface area (Å²) in [7, 11) is 0. The summed E-state index contributed by atoms with van der Waals surface area (Å²) >= 11 is 0. The SMILES string of the molecule is CC(O)c1cccnc1C(C)(C)C. The average Bonchev–Trinajstić information content (AvgIpc) is 2.03. The minimum Gasteiger partial charge on any atom is -0.389 e. The maximum Gasteiger partial charge on any atom is 0.0779 e. The van der Waals surface area contributed by atoms with Crippen molar-refractivity contribution in [2.75, 3.05) is 0 Å². The number of aliphatic hydroxyl groups is 1. The Morgan fingerprint density at radius 1 is 1.38 bits per heavy atom. The van der Waals surface area contributed by atoms with E-state index in [1.165, 1.54) is 0 Å². The lowest BCUT2D eigenvalue weighted by molar-refractivity contribution is 0.196. The van der Waals surface area contributed by atoms with Crippen LogP contribution in [0.2, 0.25) is 0 Å². The van der Waals surface area contributed by atoms with Gasteiger partial charge < -0.3 is 5.11 Å². The summed E-state index contributed by atoms with van der Waals surface area (Å²) in [4.78, 5) is 4.31. The molecular weight excluding hydrogens is 162 g/mol. The van der Waals surface area contributed by atoms with Crippen LogP contribution in [-0.4, -0.2) is 10.1 Å². The molecule has 0 bridgehead atoms. The summed E-state index contributed by atoms with van der Waals surface area (Å²) in [6.45, 7) is 8.07. The standard InChI is InChI=1S/C11H17NO/c1-8(13)9-6-5-7-12-10(9)11(2,3)4/h5-8,13H,1-4H3. The van der Waals surface area contributed by atoms with Crippen LogP contribution in [0.4, 0.5) is 0 Å². The fourth-order valence-electron chi connectivity index (χ4n) is 1.38. The maximum absolute atomic E-state index is 9.53. The minimum atomic E-state index is -0.442. The van der Waals surface area contributed by atoms with E-state index in [2.05, 4.69) is 25.8 Å². The molecule has 0 amide bonds. The third-order valence-corrected chi connectivity index (χ3v) is 2.00. The molecule has 0 spiro atoms. The Balaban J connectivity index is 3.20. The van der Waals surface area contributed by atoms with E-state index in [1.54, 1.807) is 13.1 Å². The van der Waals surface area contributed by atoms with Gasteiger partial charge in [-0.25, -0.2) is 0 Å². The molecule has 2 heteroatoms. The summed E-state index contributed by atoms with van der Waals surface area (Å²) in [5.41, 5.74) is 1.90. The summed E-state index contributed by atoms with van der Waals surface area (Å²) in [5.74, 6) is 0. The van der Waals surface area contributed by atoms with Crippen LogP contribution < -0.4 is 0 Å². The van der Waals surface area contributed by atoms with Crippen molar-refractivity contribution in [2.24, 2.45) is 0 Å². The Labute approximate surface area is 79.6 Å². The fraction of sp³-hybridized carbons (Fsp3) is 0.545. The second-order valence-corrected chi connectivity index (χ2v) is 4.37. The quantitative estimate of drug-likeness (QED) is 0.718. The van der Waals surface area contributed by atoms with Gasteiger partial charge in [0.2, 0.25) is 0 Å². The highest BCUT2D eigenvalue weighted by Crippen LogP contribution is 2.26. The molecule has 0 saturated heterocycles. The van der Waals surface area contributed by atoms with Gasteiger partial charge >= 0.3 is 0 Å². The highest BCUT2D eigenvalue weighted by atomic mass is 16.3.